The van der Waals surface area contributed by atoms with Crippen molar-refractivity contribution in [2.75, 3.05) is 13.1 Å². The zero-order valence-electron chi connectivity index (χ0n) is 10.7. The maximum atomic E-state index is 12.4. The van der Waals surface area contributed by atoms with Crippen LogP contribution in [0.25, 0.3) is 0 Å². The van der Waals surface area contributed by atoms with Gasteiger partial charge in [0.05, 0.1) is 5.92 Å². The van der Waals surface area contributed by atoms with Crippen molar-refractivity contribution < 1.29 is 14.7 Å². The van der Waals surface area contributed by atoms with Gasteiger partial charge in [0, 0.05) is 19.0 Å². The third-order valence-electron chi connectivity index (χ3n) is 5.17. The number of amides is 1. The predicted octanol–water partition coefficient (Wildman–Crippen LogP) is 1.89. The lowest BCUT2D eigenvalue weighted by Gasteiger charge is -2.31. The molecule has 3 aliphatic rings. The van der Waals surface area contributed by atoms with Crippen LogP contribution < -0.4 is 0 Å². The Bertz CT molecular complexity index is 373. The summed E-state index contributed by atoms with van der Waals surface area (Å²) in [4.78, 5) is 25.3. The van der Waals surface area contributed by atoms with Crippen LogP contribution in [0.3, 0.4) is 0 Å². The Morgan fingerprint density at radius 2 is 1.89 bits per heavy atom. The molecule has 0 radical (unpaired) electrons. The van der Waals surface area contributed by atoms with Crippen LogP contribution in [0.2, 0.25) is 0 Å². The summed E-state index contributed by atoms with van der Waals surface area (Å²) in [6.07, 6.45) is 7.56. The van der Waals surface area contributed by atoms with Crippen molar-refractivity contribution in [3.8, 4) is 0 Å². The molecule has 2 aliphatic carbocycles. The molecule has 3 fully saturated rings. The highest BCUT2D eigenvalue weighted by Gasteiger charge is 2.59. The molecule has 3 rings (SSSR count). The van der Waals surface area contributed by atoms with Crippen molar-refractivity contribution in [1.82, 2.24) is 4.90 Å². The minimum Gasteiger partial charge on any atom is -0.481 e. The summed E-state index contributed by atoms with van der Waals surface area (Å²) in [5.74, 6) is -0.643. The van der Waals surface area contributed by atoms with Gasteiger partial charge in [0.25, 0.3) is 0 Å². The topological polar surface area (TPSA) is 57.6 Å². The summed E-state index contributed by atoms with van der Waals surface area (Å²) in [6.45, 7) is 1.19. The molecular weight excluding hydrogens is 230 g/mol. The van der Waals surface area contributed by atoms with Crippen molar-refractivity contribution in [2.45, 2.75) is 44.9 Å². The summed E-state index contributed by atoms with van der Waals surface area (Å²) < 4.78 is 0. The molecule has 18 heavy (non-hydrogen) atoms. The second-order valence-electron chi connectivity index (χ2n) is 6.29. The average molecular weight is 251 g/mol. The maximum absolute atomic E-state index is 12.4. The molecular formula is C14H21NO3. The molecule has 1 amide bonds. The summed E-state index contributed by atoms with van der Waals surface area (Å²) in [6, 6.07) is 0. The number of carbonyl (C=O) groups is 2. The van der Waals surface area contributed by atoms with E-state index in [1.165, 1.54) is 25.7 Å². The quantitative estimate of drug-likeness (QED) is 0.815. The van der Waals surface area contributed by atoms with Gasteiger partial charge >= 0.3 is 5.97 Å². The number of likely N-dealkylation sites (tertiary alicyclic amines) is 1. The maximum Gasteiger partial charge on any atom is 0.308 e. The highest BCUT2D eigenvalue weighted by molar-refractivity contribution is 5.83. The first-order chi connectivity index (χ1) is 8.62. The molecule has 1 heterocycles. The number of hydrogen-bond acceptors (Lipinski definition) is 2. The van der Waals surface area contributed by atoms with E-state index in [-0.39, 0.29) is 17.7 Å². The number of rotatable bonds is 2. The van der Waals surface area contributed by atoms with E-state index in [0.29, 0.717) is 12.0 Å². The Kier molecular flexibility index (Phi) is 2.83. The third-order valence-corrected chi connectivity index (χ3v) is 5.17. The van der Waals surface area contributed by atoms with Crippen molar-refractivity contribution in [2.24, 2.45) is 17.3 Å². The van der Waals surface area contributed by atoms with Gasteiger partial charge in [0.2, 0.25) is 5.91 Å². The number of piperidine rings is 1. The lowest BCUT2D eigenvalue weighted by atomic mass is 9.96. The zero-order chi connectivity index (χ0) is 12.8. The van der Waals surface area contributed by atoms with Crippen molar-refractivity contribution >= 4 is 11.9 Å². The van der Waals surface area contributed by atoms with Gasteiger partial charge in [-0.2, -0.15) is 0 Å². The molecule has 2 atom stereocenters. The van der Waals surface area contributed by atoms with Gasteiger partial charge in [-0.25, -0.2) is 0 Å². The average Bonchev–Trinajstić information content (AvgIpc) is 2.86. The fraction of sp³-hybridized carbons (Fsp3) is 0.857. The summed E-state index contributed by atoms with van der Waals surface area (Å²) in [7, 11) is 0. The SMILES string of the molecule is O=C(O)C1CCCN(C(=O)C2CC23CCCC3)C1. The molecule has 2 unspecified atom stereocenters. The van der Waals surface area contributed by atoms with E-state index in [4.69, 9.17) is 5.11 Å². The summed E-state index contributed by atoms with van der Waals surface area (Å²) in [5, 5.41) is 9.06. The monoisotopic (exact) mass is 251 g/mol. The van der Waals surface area contributed by atoms with Crippen LogP contribution in [0.5, 0.6) is 0 Å². The summed E-state index contributed by atoms with van der Waals surface area (Å²) >= 11 is 0. The van der Waals surface area contributed by atoms with Gasteiger partial charge in [0.1, 0.15) is 0 Å². The first-order valence-electron chi connectivity index (χ1n) is 7.14. The normalized spacial score (nSPS) is 33.7. The number of hydrogen-bond donors (Lipinski definition) is 1. The predicted molar refractivity (Wildman–Crippen MR) is 65.9 cm³/mol. The lowest BCUT2D eigenvalue weighted by Crippen LogP contribution is -2.43. The molecule has 1 aliphatic heterocycles. The molecule has 1 saturated heterocycles. The Morgan fingerprint density at radius 3 is 2.56 bits per heavy atom. The van der Waals surface area contributed by atoms with E-state index in [0.717, 1.165) is 25.8 Å². The van der Waals surface area contributed by atoms with Crippen LogP contribution >= 0.6 is 0 Å². The minimum atomic E-state index is -0.751. The van der Waals surface area contributed by atoms with Gasteiger partial charge in [-0.1, -0.05) is 12.8 Å². The highest BCUT2D eigenvalue weighted by atomic mass is 16.4. The van der Waals surface area contributed by atoms with Gasteiger partial charge in [0.15, 0.2) is 0 Å². The standard InChI is InChI=1S/C14H21NO3/c16-12(11-8-14(11)5-1-2-6-14)15-7-3-4-10(9-15)13(17)18/h10-11H,1-9H2,(H,17,18). The van der Waals surface area contributed by atoms with Gasteiger partial charge in [-0.3, -0.25) is 9.59 Å². The van der Waals surface area contributed by atoms with Gasteiger partial charge in [-0.15, -0.1) is 0 Å². The Hall–Kier alpha value is -1.06. The summed E-state index contributed by atoms with van der Waals surface area (Å²) in [5.41, 5.74) is 0.327. The zero-order valence-corrected chi connectivity index (χ0v) is 10.7. The van der Waals surface area contributed by atoms with Crippen LogP contribution in [0.15, 0.2) is 0 Å². The van der Waals surface area contributed by atoms with E-state index < -0.39 is 5.97 Å². The largest absolute Gasteiger partial charge is 0.481 e. The van der Waals surface area contributed by atoms with Crippen molar-refractivity contribution in [3.63, 3.8) is 0 Å². The fourth-order valence-corrected chi connectivity index (χ4v) is 3.93. The van der Waals surface area contributed by atoms with Crippen LogP contribution in [0.4, 0.5) is 0 Å². The van der Waals surface area contributed by atoms with Crippen LogP contribution in [0, 0.1) is 17.3 Å². The molecule has 100 valence electrons. The number of carboxylic acid groups (broad SMARTS) is 1. The van der Waals surface area contributed by atoms with Gasteiger partial charge in [-0.05, 0) is 37.5 Å². The first kappa shape index (κ1) is 12.0. The molecule has 0 aromatic heterocycles. The molecule has 0 aromatic carbocycles. The van der Waals surface area contributed by atoms with Crippen LogP contribution in [-0.2, 0) is 9.59 Å². The smallest absolute Gasteiger partial charge is 0.308 e. The number of carboxylic acids is 1. The molecule has 4 heteroatoms. The Balaban J connectivity index is 1.61. The molecule has 0 aromatic rings. The fourth-order valence-electron chi connectivity index (χ4n) is 3.93. The second-order valence-corrected chi connectivity index (χ2v) is 6.29. The first-order valence-corrected chi connectivity index (χ1v) is 7.14. The molecule has 4 nitrogen and oxygen atoms in total. The van der Waals surface area contributed by atoms with E-state index >= 15 is 0 Å². The molecule has 1 spiro atoms. The highest BCUT2D eigenvalue weighted by Crippen LogP contribution is 2.63. The number of nitrogens with zero attached hydrogens (tertiary/aromatic N) is 1. The van der Waals surface area contributed by atoms with Crippen LogP contribution in [0.1, 0.15) is 44.9 Å². The Labute approximate surface area is 107 Å². The van der Waals surface area contributed by atoms with Crippen molar-refractivity contribution in [1.29, 1.82) is 0 Å². The van der Waals surface area contributed by atoms with Crippen LogP contribution in [-0.4, -0.2) is 35.0 Å². The van der Waals surface area contributed by atoms with Gasteiger partial charge < -0.3 is 10.0 Å². The third kappa shape index (κ3) is 1.91. The van der Waals surface area contributed by atoms with E-state index in [2.05, 4.69) is 0 Å². The lowest BCUT2D eigenvalue weighted by molar-refractivity contribution is -0.146. The van der Waals surface area contributed by atoms with E-state index in [1.807, 2.05) is 4.90 Å². The molecule has 0 bridgehead atoms. The van der Waals surface area contributed by atoms with E-state index in [1.54, 1.807) is 0 Å². The molecule has 2 saturated carbocycles. The number of aliphatic carboxylic acids is 1. The molecule has 1 N–H and O–H groups in total. The second kappa shape index (κ2) is 4.25. The Morgan fingerprint density at radius 1 is 1.17 bits per heavy atom. The van der Waals surface area contributed by atoms with Crippen molar-refractivity contribution in [3.05, 3.63) is 0 Å². The van der Waals surface area contributed by atoms with E-state index in [9.17, 15) is 9.59 Å². The number of carbonyl (C=O) groups excluding carboxylic acids is 1. The minimum absolute atomic E-state index is 0.215.